The fourth-order valence-corrected chi connectivity index (χ4v) is 1.82. The molecule has 0 atom stereocenters. The Balaban J connectivity index is 2.73. The lowest BCUT2D eigenvalue weighted by Gasteiger charge is -2.01. The third-order valence-corrected chi connectivity index (χ3v) is 2.47. The quantitative estimate of drug-likeness (QED) is 0.677. The number of aromatic hydroxyl groups is 1. The van der Waals surface area contributed by atoms with Crippen LogP contribution in [0.25, 0.3) is 10.9 Å². The number of nitrogens with one attached hydrogen (secondary N) is 2. The van der Waals surface area contributed by atoms with E-state index in [4.69, 9.17) is 0 Å². The first-order valence-corrected chi connectivity index (χ1v) is 4.67. The highest BCUT2D eigenvalue weighted by Crippen LogP contribution is 2.29. The lowest BCUT2D eigenvalue weighted by atomic mass is 10.1. The molecule has 74 valence electrons. The lowest BCUT2D eigenvalue weighted by Crippen LogP contribution is -2.05. The number of hydrogen-bond donors (Lipinski definition) is 3. The van der Waals surface area contributed by atoms with Crippen molar-refractivity contribution in [2.24, 2.45) is 0 Å². The van der Waals surface area contributed by atoms with Crippen molar-refractivity contribution < 1.29 is 5.11 Å². The second kappa shape index (κ2) is 3.35. The number of phenolic OH excluding ortho intramolecular Hbond substituents is 1. The van der Waals surface area contributed by atoms with Crippen LogP contribution in [-0.4, -0.2) is 17.1 Å². The summed E-state index contributed by atoms with van der Waals surface area (Å²) < 4.78 is 0. The Morgan fingerprint density at radius 3 is 2.93 bits per heavy atom. The predicted octanol–water partition coefficient (Wildman–Crippen LogP) is 1.90. The minimum Gasteiger partial charge on any atom is -0.507 e. The second-order valence-corrected chi connectivity index (χ2v) is 3.46. The maximum atomic E-state index is 9.74. The highest BCUT2D eigenvalue weighted by molar-refractivity contribution is 5.90. The van der Waals surface area contributed by atoms with Gasteiger partial charge in [0.1, 0.15) is 5.75 Å². The summed E-state index contributed by atoms with van der Waals surface area (Å²) in [6.07, 6.45) is 0. The molecule has 3 N–H and O–H groups in total. The summed E-state index contributed by atoms with van der Waals surface area (Å²) in [5.74, 6) is 0.345. The van der Waals surface area contributed by atoms with Crippen LogP contribution in [0.15, 0.2) is 18.2 Å². The van der Waals surface area contributed by atoms with E-state index in [0.29, 0.717) is 5.75 Å². The molecule has 0 saturated heterocycles. The molecule has 0 unspecified atom stereocenters. The summed E-state index contributed by atoms with van der Waals surface area (Å²) in [6.45, 7) is 2.79. The Morgan fingerprint density at radius 1 is 1.43 bits per heavy atom. The van der Waals surface area contributed by atoms with Crippen molar-refractivity contribution in [2.45, 2.75) is 13.5 Å². The molecule has 1 heterocycles. The van der Waals surface area contributed by atoms with E-state index < -0.39 is 0 Å². The maximum absolute atomic E-state index is 9.74. The highest BCUT2D eigenvalue weighted by Gasteiger charge is 2.10. The number of benzene rings is 1. The van der Waals surface area contributed by atoms with Crippen LogP contribution in [0.4, 0.5) is 0 Å². The third-order valence-electron chi connectivity index (χ3n) is 2.47. The minimum atomic E-state index is 0.345. The third kappa shape index (κ3) is 1.26. The Labute approximate surface area is 82.8 Å². The van der Waals surface area contributed by atoms with Crippen LogP contribution < -0.4 is 5.32 Å². The molecule has 2 rings (SSSR count). The van der Waals surface area contributed by atoms with Gasteiger partial charge in [0.25, 0.3) is 0 Å². The Kier molecular flexibility index (Phi) is 2.17. The number of phenols is 1. The molecule has 0 aliphatic heterocycles. The van der Waals surface area contributed by atoms with Crippen LogP contribution in [0.1, 0.15) is 11.3 Å². The number of aryl methyl sites for hydroxylation is 1. The smallest absolute Gasteiger partial charge is 0.125 e. The standard InChI is InChI=1S/C11H14N2O/c1-7-8(6-12-2)11-9(13-7)4-3-5-10(11)14/h3-5,12-14H,6H2,1-2H3. The molecule has 3 heteroatoms. The van der Waals surface area contributed by atoms with E-state index in [0.717, 1.165) is 28.7 Å². The fraction of sp³-hybridized carbons (Fsp3) is 0.273. The number of H-pyrrole nitrogens is 1. The van der Waals surface area contributed by atoms with E-state index in [2.05, 4.69) is 10.3 Å². The largest absolute Gasteiger partial charge is 0.507 e. The topological polar surface area (TPSA) is 48.0 Å². The molecule has 0 bridgehead atoms. The van der Waals surface area contributed by atoms with Crippen LogP contribution in [0, 0.1) is 6.92 Å². The summed E-state index contributed by atoms with van der Waals surface area (Å²) >= 11 is 0. The van der Waals surface area contributed by atoms with Crippen LogP contribution in [0.5, 0.6) is 5.75 Å². The molecular formula is C11H14N2O. The number of hydrogen-bond acceptors (Lipinski definition) is 2. The molecule has 2 aromatic rings. The van der Waals surface area contributed by atoms with Crippen molar-refractivity contribution in [3.8, 4) is 5.75 Å². The van der Waals surface area contributed by atoms with E-state index >= 15 is 0 Å². The van der Waals surface area contributed by atoms with Crippen LogP contribution in [0.3, 0.4) is 0 Å². The second-order valence-electron chi connectivity index (χ2n) is 3.46. The van der Waals surface area contributed by atoms with Crippen molar-refractivity contribution in [2.75, 3.05) is 7.05 Å². The summed E-state index contributed by atoms with van der Waals surface area (Å²) in [7, 11) is 1.90. The van der Waals surface area contributed by atoms with E-state index in [1.54, 1.807) is 6.07 Å². The first-order chi connectivity index (χ1) is 6.74. The summed E-state index contributed by atoms with van der Waals surface area (Å²) in [5, 5.41) is 13.8. The van der Waals surface area contributed by atoms with Crippen molar-refractivity contribution >= 4 is 10.9 Å². The van der Waals surface area contributed by atoms with E-state index in [-0.39, 0.29) is 0 Å². The van der Waals surface area contributed by atoms with Gasteiger partial charge >= 0.3 is 0 Å². The van der Waals surface area contributed by atoms with Gasteiger partial charge in [-0.15, -0.1) is 0 Å². The van der Waals surface area contributed by atoms with Crippen LogP contribution >= 0.6 is 0 Å². The Morgan fingerprint density at radius 2 is 2.21 bits per heavy atom. The SMILES string of the molecule is CNCc1c(C)[nH]c2cccc(O)c12. The molecule has 0 saturated carbocycles. The zero-order valence-electron chi connectivity index (χ0n) is 8.39. The number of rotatable bonds is 2. The summed E-state index contributed by atoms with van der Waals surface area (Å²) in [6, 6.07) is 5.53. The molecule has 0 amide bonds. The maximum Gasteiger partial charge on any atom is 0.125 e. The average molecular weight is 190 g/mol. The van der Waals surface area contributed by atoms with Gasteiger partial charge in [-0.05, 0) is 31.7 Å². The molecule has 0 aliphatic carbocycles. The monoisotopic (exact) mass is 190 g/mol. The van der Waals surface area contributed by atoms with E-state index in [1.807, 2.05) is 26.1 Å². The summed E-state index contributed by atoms with van der Waals surface area (Å²) in [5.41, 5.74) is 3.24. The lowest BCUT2D eigenvalue weighted by molar-refractivity contribution is 0.481. The van der Waals surface area contributed by atoms with Gasteiger partial charge in [-0.2, -0.15) is 0 Å². The predicted molar refractivity (Wildman–Crippen MR) is 57.5 cm³/mol. The van der Waals surface area contributed by atoms with Gasteiger partial charge in [0.2, 0.25) is 0 Å². The first kappa shape index (κ1) is 9.09. The van der Waals surface area contributed by atoms with Crippen molar-refractivity contribution in [3.63, 3.8) is 0 Å². The van der Waals surface area contributed by atoms with Crippen LogP contribution in [0.2, 0.25) is 0 Å². The molecule has 0 radical (unpaired) electrons. The van der Waals surface area contributed by atoms with Gasteiger partial charge in [0.15, 0.2) is 0 Å². The number of fused-ring (bicyclic) bond motifs is 1. The van der Waals surface area contributed by atoms with Gasteiger partial charge in [-0.1, -0.05) is 6.07 Å². The minimum absolute atomic E-state index is 0.345. The van der Waals surface area contributed by atoms with Gasteiger partial charge in [-0.3, -0.25) is 0 Å². The Bertz CT molecular complexity index is 460. The van der Waals surface area contributed by atoms with Crippen molar-refractivity contribution in [1.82, 2.24) is 10.3 Å². The average Bonchev–Trinajstić information content (AvgIpc) is 2.45. The normalized spacial score (nSPS) is 11.0. The van der Waals surface area contributed by atoms with Crippen molar-refractivity contribution in [1.29, 1.82) is 0 Å². The summed E-state index contributed by atoms with van der Waals surface area (Å²) in [4.78, 5) is 3.25. The molecule has 3 nitrogen and oxygen atoms in total. The molecule has 1 aromatic heterocycles. The molecule has 0 aliphatic rings. The first-order valence-electron chi connectivity index (χ1n) is 4.67. The zero-order chi connectivity index (χ0) is 10.1. The van der Waals surface area contributed by atoms with E-state index in [1.165, 1.54) is 0 Å². The molecule has 0 spiro atoms. The van der Waals surface area contributed by atoms with E-state index in [9.17, 15) is 5.11 Å². The molecular weight excluding hydrogens is 176 g/mol. The molecule has 14 heavy (non-hydrogen) atoms. The molecule has 0 fully saturated rings. The van der Waals surface area contributed by atoms with Gasteiger partial charge in [0.05, 0.1) is 0 Å². The molecule has 1 aromatic carbocycles. The van der Waals surface area contributed by atoms with Gasteiger partial charge in [0, 0.05) is 23.1 Å². The zero-order valence-corrected chi connectivity index (χ0v) is 8.39. The highest BCUT2D eigenvalue weighted by atomic mass is 16.3. The van der Waals surface area contributed by atoms with Gasteiger partial charge in [-0.25, -0.2) is 0 Å². The number of aromatic nitrogens is 1. The Hall–Kier alpha value is -1.48. The fourth-order valence-electron chi connectivity index (χ4n) is 1.82. The van der Waals surface area contributed by atoms with Crippen LogP contribution in [-0.2, 0) is 6.54 Å². The van der Waals surface area contributed by atoms with Gasteiger partial charge < -0.3 is 15.4 Å². The number of aromatic amines is 1. The van der Waals surface area contributed by atoms with Crippen molar-refractivity contribution in [3.05, 3.63) is 29.5 Å².